The molecule has 0 unspecified atom stereocenters. The fraction of sp³-hybridized carbons (Fsp3) is 0.556. The minimum absolute atomic E-state index is 0.00991. The van der Waals surface area contributed by atoms with Crippen LogP contribution >= 0.6 is 0 Å². The van der Waals surface area contributed by atoms with Gasteiger partial charge in [0.2, 0.25) is 5.91 Å². The zero-order valence-electron chi connectivity index (χ0n) is 16.2. The van der Waals surface area contributed by atoms with Crippen LogP contribution in [0, 0.1) is 0 Å². The Labute approximate surface area is 159 Å². The van der Waals surface area contributed by atoms with Crippen LogP contribution in [0.2, 0.25) is 0 Å². The smallest absolute Gasteiger partial charge is 0.410 e. The monoisotopic (exact) mass is 377 g/mol. The molecule has 0 aliphatic carbocycles. The van der Waals surface area contributed by atoms with E-state index in [4.69, 9.17) is 4.74 Å². The molecule has 1 saturated heterocycles. The van der Waals surface area contributed by atoms with Crippen LogP contribution < -0.4 is 10.6 Å². The Morgan fingerprint density at radius 2 is 2.04 bits per heavy atom. The molecule has 0 spiro atoms. The molecule has 1 aliphatic rings. The number of carbonyl (C=O) groups is 3. The SMILES string of the molecule is CCNC(=O)Nc1cc(CN2CCN(C(=O)OC(C)(C)C)CC2=O)ccn1. The van der Waals surface area contributed by atoms with Crippen LogP contribution in [0.1, 0.15) is 33.3 Å². The van der Waals surface area contributed by atoms with Crippen molar-refractivity contribution in [3.63, 3.8) is 0 Å². The third kappa shape index (κ3) is 6.43. The average molecular weight is 377 g/mol. The van der Waals surface area contributed by atoms with E-state index in [1.165, 1.54) is 4.90 Å². The lowest BCUT2D eigenvalue weighted by Crippen LogP contribution is -2.52. The van der Waals surface area contributed by atoms with Gasteiger partial charge in [0, 0.05) is 32.4 Å². The summed E-state index contributed by atoms with van der Waals surface area (Å²) in [4.78, 5) is 43.3. The van der Waals surface area contributed by atoms with Gasteiger partial charge in [0.1, 0.15) is 18.0 Å². The highest BCUT2D eigenvalue weighted by Crippen LogP contribution is 2.15. The largest absolute Gasteiger partial charge is 0.444 e. The number of hydrogen-bond donors (Lipinski definition) is 2. The first-order valence-electron chi connectivity index (χ1n) is 8.93. The molecule has 0 saturated carbocycles. The maximum absolute atomic E-state index is 12.4. The van der Waals surface area contributed by atoms with Gasteiger partial charge in [-0.3, -0.25) is 15.0 Å². The van der Waals surface area contributed by atoms with Crippen molar-refractivity contribution in [2.45, 2.75) is 39.8 Å². The summed E-state index contributed by atoms with van der Waals surface area (Å²) in [6.07, 6.45) is 1.10. The van der Waals surface area contributed by atoms with E-state index in [-0.39, 0.29) is 18.5 Å². The van der Waals surface area contributed by atoms with Gasteiger partial charge in [-0.2, -0.15) is 0 Å². The number of rotatable bonds is 4. The van der Waals surface area contributed by atoms with Crippen molar-refractivity contribution in [3.05, 3.63) is 23.9 Å². The summed E-state index contributed by atoms with van der Waals surface area (Å²) in [5, 5.41) is 5.27. The summed E-state index contributed by atoms with van der Waals surface area (Å²) in [6, 6.07) is 3.18. The molecule has 2 rings (SSSR count). The first kappa shape index (κ1) is 20.5. The first-order valence-corrected chi connectivity index (χ1v) is 8.93. The number of nitrogens with zero attached hydrogens (tertiary/aromatic N) is 3. The molecule has 0 aromatic carbocycles. The van der Waals surface area contributed by atoms with Crippen LogP contribution in [0.4, 0.5) is 15.4 Å². The Bertz CT molecular complexity index is 701. The Balaban J connectivity index is 1.93. The van der Waals surface area contributed by atoms with Crippen molar-refractivity contribution in [1.29, 1.82) is 0 Å². The Hall–Kier alpha value is -2.84. The summed E-state index contributed by atoms with van der Waals surface area (Å²) in [6.45, 7) is 8.91. The molecule has 1 fully saturated rings. The van der Waals surface area contributed by atoms with Crippen LogP contribution in [-0.4, -0.2) is 64.6 Å². The van der Waals surface area contributed by atoms with E-state index in [9.17, 15) is 14.4 Å². The summed E-state index contributed by atoms with van der Waals surface area (Å²) in [5.41, 5.74) is 0.248. The molecular formula is C18H27N5O4. The van der Waals surface area contributed by atoms with Crippen LogP contribution in [-0.2, 0) is 16.1 Å². The normalized spacial score (nSPS) is 14.7. The van der Waals surface area contributed by atoms with Gasteiger partial charge in [0.25, 0.3) is 0 Å². The molecular weight excluding hydrogens is 350 g/mol. The number of aromatic nitrogens is 1. The van der Waals surface area contributed by atoms with Gasteiger partial charge < -0.3 is 15.0 Å². The van der Waals surface area contributed by atoms with Crippen molar-refractivity contribution < 1.29 is 19.1 Å². The fourth-order valence-corrected chi connectivity index (χ4v) is 2.54. The van der Waals surface area contributed by atoms with Crippen molar-refractivity contribution >= 4 is 23.8 Å². The topological polar surface area (TPSA) is 104 Å². The zero-order valence-corrected chi connectivity index (χ0v) is 16.2. The molecule has 1 aliphatic heterocycles. The lowest BCUT2D eigenvalue weighted by molar-refractivity contribution is -0.136. The number of anilines is 1. The lowest BCUT2D eigenvalue weighted by atomic mass is 10.2. The molecule has 0 atom stereocenters. The highest BCUT2D eigenvalue weighted by molar-refractivity contribution is 5.88. The molecule has 27 heavy (non-hydrogen) atoms. The molecule has 1 aromatic rings. The predicted molar refractivity (Wildman–Crippen MR) is 100 cm³/mol. The average Bonchev–Trinajstić information content (AvgIpc) is 2.55. The van der Waals surface area contributed by atoms with E-state index in [1.807, 2.05) is 6.92 Å². The second kappa shape index (κ2) is 8.70. The van der Waals surface area contributed by atoms with Crippen LogP contribution in [0.15, 0.2) is 18.3 Å². The van der Waals surface area contributed by atoms with E-state index >= 15 is 0 Å². The van der Waals surface area contributed by atoms with Gasteiger partial charge in [0.15, 0.2) is 0 Å². The molecule has 1 aromatic heterocycles. The summed E-state index contributed by atoms with van der Waals surface area (Å²) in [5.74, 6) is 0.264. The van der Waals surface area contributed by atoms with Crippen molar-refractivity contribution in [2.75, 3.05) is 31.5 Å². The number of hydrogen-bond acceptors (Lipinski definition) is 5. The van der Waals surface area contributed by atoms with Crippen LogP contribution in [0.3, 0.4) is 0 Å². The van der Waals surface area contributed by atoms with E-state index in [0.717, 1.165) is 5.56 Å². The second-order valence-electron chi connectivity index (χ2n) is 7.25. The van der Waals surface area contributed by atoms with Gasteiger partial charge in [-0.05, 0) is 45.4 Å². The Morgan fingerprint density at radius 3 is 2.67 bits per heavy atom. The van der Waals surface area contributed by atoms with Gasteiger partial charge in [-0.1, -0.05) is 0 Å². The highest BCUT2D eigenvalue weighted by Gasteiger charge is 2.30. The minimum Gasteiger partial charge on any atom is -0.444 e. The zero-order chi connectivity index (χ0) is 20.0. The summed E-state index contributed by atoms with van der Waals surface area (Å²) in [7, 11) is 0. The molecule has 148 valence electrons. The number of piperazine rings is 1. The molecule has 2 N–H and O–H groups in total. The molecule has 2 heterocycles. The lowest BCUT2D eigenvalue weighted by Gasteiger charge is -2.35. The third-order valence-corrected chi connectivity index (χ3v) is 3.75. The van der Waals surface area contributed by atoms with Gasteiger partial charge >= 0.3 is 12.1 Å². The van der Waals surface area contributed by atoms with Crippen molar-refractivity contribution in [1.82, 2.24) is 20.1 Å². The fourth-order valence-electron chi connectivity index (χ4n) is 2.54. The number of pyridine rings is 1. The minimum atomic E-state index is -0.595. The van der Waals surface area contributed by atoms with E-state index in [0.29, 0.717) is 32.0 Å². The molecule has 0 bridgehead atoms. The Morgan fingerprint density at radius 1 is 1.30 bits per heavy atom. The summed E-state index contributed by atoms with van der Waals surface area (Å²) >= 11 is 0. The maximum atomic E-state index is 12.4. The molecule has 0 radical (unpaired) electrons. The standard InChI is InChI=1S/C18H27N5O4/c1-5-19-16(25)21-14-10-13(6-7-20-14)11-22-8-9-23(12-15(22)24)17(26)27-18(2,3)4/h6-7,10H,5,8-9,11-12H2,1-4H3,(H2,19,20,21,25). The quantitative estimate of drug-likeness (QED) is 0.833. The van der Waals surface area contributed by atoms with E-state index in [1.54, 1.807) is 44.0 Å². The molecule has 9 nitrogen and oxygen atoms in total. The van der Waals surface area contributed by atoms with Crippen molar-refractivity contribution in [2.24, 2.45) is 0 Å². The molecule has 9 heteroatoms. The third-order valence-electron chi connectivity index (χ3n) is 3.75. The first-order chi connectivity index (χ1) is 12.7. The van der Waals surface area contributed by atoms with E-state index in [2.05, 4.69) is 15.6 Å². The number of ether oxygens (including phenoxy) is 1. The molecule has 4 amide bonds. The highest BCUT2D eigenvalue weighted by atomic mass is 16.6. The Kier molecular flexibility index (Phi) is 6.59. The number of urea groups is 1. The second-order valence-corrected chi connectivity index (χ2v) is 7.25. The van der Waals surface area contributed by atoms with Gasteiger partial charge in [0.05, 0.1) is 0 Å². The van der Waals surface area contributed by atoms with E-state index < -0.39 is 11.7 Å². The number of amides is 4. The number of carbonyl (C=O) groups excluding carboxylic acids is 3. The van der Waals surface area contributed by atoms with Crippen LogP contribution in [0.25, 0.3) is 0 Å². The maximum Gasteiger partial charge on any atom is 0.410 e. The van der Waals surface area contributed by atoms with Gasteiger partial charge in [-0.15, -0.1) is 0 Å². The predicted octanol–water partition coefficient (Wildman–Crippen LogP) is 1.80. The van der Waals surface area contributed by atoms with Crippen molar-refractivity contribution in [3.8, 4) is 0 Å². The summed E-state index contributed by atoms with van der Waals surface area (Å²) < 4.78 is 5.31. The number of nitrogens with one attached hydrogen (secondary N) is 2. The van der Waals surface area contributed by atoms with Gasteiger partial charge in [-0.25, -0.2) is 14.6 Å². The van der Waals surface area contributed by atoms with Crippen LogP contribution in [0.5, 0.6) is 0 Å².